The van der Waals surface area contributed by atoms with Crippen LogP contribution >= 0.6 is 7.82 Å². The van der Waals surface area contributed by atoms with Crippen LogP contribution in [0, 0.1) is 0 Å². The van der Waals surface area contributed by atoms with Crippen molar-refractivity contribution in [2.75, 3.05) is 60.2 Å². The number of carbonyl (C=O) groups excluding carboxylic acids is 4. The summed E-state index contributed by atoms with van der Waals surface area (Å²) in [7, 11) is -1.33. The molecule has 0 aliphatic carbocycles. The van der Waals surface area contributed by atoms with Gasteiger partial charge in [-0.05, 0) is 26.9 Å². The van der Waals surface area contributed by atoms with Crippen LogP contribution in [0.25, 0.3) is 0 Å². The van der Waals surface area contributed by atoms with Gasteiger partial charge in [0.05, 0.1) is 32.5 Å². The number of phosphoric ester groups is 1. The molecule has 0 aromatic heterocycles. The van der Waals surface area contributed by atoms with E-state index in [2.05, 4.69) is 24.5 Å². The normalized spacial score (nSPS) is 19.0. The number of nitrogens with one attached hydrogen (secondary N) is 2. The zero-order valence-corrected chi connectivity index (χ0v) is 47.5. The number of amides is 2. The maximum atomic E-state index is 12.9. The number of likely N-dealkylation sites (N-methyl/N-ethyl adjacent to an activating group) is 1. The third-order valence-corrected chi connectivity index (χ3v) is 14.5. The lowest BCUT2D eigenvalue weighted by Crippen LogP contribution is -2.63. The van der Waals surface area contributed by atoms with Crippen LogP contribution < -0.4 is 10.6 Å². The molecule has 436 valence electrons. The van der Waals surface area contributed by atoms with E-state index in [1.807, 2.05) is 0 Å². The second-order valence-corrected chi connectivity index (χ2v) is 22.0. The molecule has 0 aromatic carbocycles. The van der Waals surface area contributed by atoms with E-state index in [0.29, 0.717) is 12.8 Å². The number of esters is 2. The summed E-state index contributed by atoms with van der Waals surface area (Å²) in [6, 6.07) is -0.725. The van der Waals surface area contributed by atoms with Crippen LogP contribution in [0.4, 0.5) is 0 Å². The molecule has 1 aliphatic heterocycles. The van der Waals surface area contributed by atoms with Gasteiger partial charge >= 0.3 is 19.8 Å². The van der Waals surface area contributed by atoms with E-state index >= 15 is 0 Å². The minimum Gasteiger partial charge on any atom is -0.462 e. The van der Waals surface area contributed by atoms with Crippen LogP contribution in [0.3, 0.4) is 0 Å². The van der Waals surface area contributed by atoms with Crippen molar-refractivity contribution < 1.29 is 72.0 Å². The van der Waals surface area contributed by atoms with Crippen molar-refractivity contribution in [3.8, 4) is 0 Å². The number of unbranched alkanes of at least 4 members (excludes halogenated alkanes) is 28. The van der Waals surface area contributed by atoms with Crippen LogP contribution in [0.5, 0.6) is 0 Å². The number of rotatable bonds is 51. The summed E-state index contributed by atoms with van der Waals surface area (Å²) in [4.78, 5) is 62.3. The molecule has 0 saturated carbocycles. The monoisotopic (exact) mass is 1080 g/mol. The Hall–Kier alpha value is -2.25. The van der Waals surface area contributed by atoms with E-state index in [1.165, 1.54) is 141 Å². The number of phosphoric acid groups is 1. The number of hydrogen-bond donors (Lipinski definition) is 6. The average Bonchev–Trinajstić information content (AvgIpc) is 3.37. The number of aliphatic hydroxyl groups excluding tert-OH is 3. The van der Waals surface area contributed by atoms with Gasteiger partial charge in [-0.15, -0.1) is 0 Å². The molecule has 1 aliphatic rings. The van der Waals surface area contributed by atoms with Gasteiger partial charge in [0.25, 0.3) is 0 Å². The van der Waals surface area contributed by atoms with E-state index < -0.39 is 88.1 Å². The smallest absolute Gasteiger partial charge is 0.462 e. The highest BCUT2D eigenvalue weighted by Gasteiger charge is 2.45. The first-order valence-corrected chi connectivity index (χ1v) is 30.6. The Bertz CT molecular complexity index is 1450. The molecule has 6 unspecified atom stereocenters. The molecule has 74 heavy (non-hydrogen) atoms. The molecule has 1 heterocycles. The van der Waals surface area contributed by atoms with E-state index in [1.54, 1.807) is 19.0 Å². The van der Waals surface area contributed by atoms with E-state index in [0.717, 1.165) is 38.5 Å². The molecule has 1 saturated heterocycles. The minimum atomic E-state index is -4.69. The predicted octanol–water partition coefficient (Wildman–Crippen LogP) is 9.50. The van der Waals surface area contributed by atoms with Crippen LogP contribution in [-0.2, 0) is 51.7 Å². The Balaban J connectivity index is 2.43. The summed E-state index contributed by atoms with van der Waals surface area (Å²) >= 11 is 0. The molecule has 18 nitrogen and oxygen atoms in total. The molecular formula is C55H106N3O15P. The predicted molar refractivity (Wildman–Crippen MR) is 288 cm³/mol. The van der Waals surface area contributed by atoms with Crippen molar-refractivity contribution in [2.45, 2.75) is 269 Å². The molecule has 19 heteroatoms. The average molecular weight is 1080 g/mol. The Kier molecular flexibility index (Phi) is 44.1. The summed E-state index contributed by atoms with van der Waals surface area (Å²) in [5.41, 5.74) is 0. The van der Waals surface area contributed by atoms with Gasteiger partial charge in [-0.25, -0.2) is 4.57 Å². The van der Waals surface area contributed by atoms with Crippen LogP contribution in [-0.4, -0.2) is 146 Å². The molecule has 1 rings (SSSR count). The van der Waals surface area contributed by atoms with Crippen LogP contribution in [0.2, 0.25) is 0 Å². The summed E-state index contributed by atoms with van der Waals surface area (Å²) in [5.74, 6) is -1.91. The summed E-state index contributed by atoms with van der Waals surface area (Å²) in [6.07, 6.45) is 30.5. The molecule has 2 amide bonds. The first-order valence-electron chi connectivity index (χ1n) is 29.1. The summed E-state index contributed by atoms with van der Waals surface area (Å²) in [6.45, 7) is 2.55. The first kappa shape index (κ1) is 69.8. The molecule has 0 radical (unpaired) electrons. The molecule has 0 bridgehead atoms. The number of hydrogen-bond acceptors (Lipinski definition) is 15. The maximum absolute atomic E-state index is 12.9. The van der Waals surface area contributed by atoms with Crippen molar-refractivity contribution in [1.82, 2.24) is 15.5 Å². The molecule has 7 atom stereocenters. The molecule has 0 spiro atoms. The largest absolute Gasteiger partial charge is 0.472 e. The van der Waals surface area contributed by atoms with Crippen molar-refractivity contribution >= 4 is 31.6 Å². The lowest BCUT2D eigenvalue weighted by atomic mass is 9.96. The quantitative estimate of drug-likeness (QED) is 0.0189. The number of carbonyl (C=O) groups is 4. The highest BCUT2D eigenvalue weighted by atomic mass is 31.2. The van der Waals surface area contributed by atoms with E-state index in [-0.39, 0.29) is 52.0 Å². The summed E-state index contributed by atoms with van der Waals surface area (Å²) in [5, 5.41) is 35.3. The molecular weight excluding hydrogens is 974 g/mol. The topological polar surface area (TPSA) is 249 Å². The Morgan fingerprint density at radius 2 is 0.959 bits per heavy atom. The fourth-order valence-corrected chi connectivity index (χ4v) is 9.74. The van der Waals surface area contributed by atoms with Gasteiger partial charge in [-0.3, -0.25) is 33.1 Å². The highest BCUT2D eigenvalue weighted by Crippen LogP contribution is 2.43. The second-order valence-electron chi connectivity index (χ2n) is 20.5. The second kappa shape index (κ2) is 46.8. The van der Waals surface area contributed by atoms with Crippen molar-refractivity contribution in [2.24, 2.45) is 0 Å². The zero-order chi connectivity index (χ0) is 54.5. The maximum Gasteiger partial charge on any atom is 0.472 e. The Labute approximate surface area is 446 Å². The third kappa shape index (κ3) is 38.3. The van der Waals surface area contributed by atoms with Gasteiger partial charge in [-0.2, -0.15) is 0 Å². The third-order valence-electron chi connectivity index (χ3n) is 13.5. The van der Waals surface area contributed by atoms with Gasteiger partial charge < -0.3 is 49.8 Å². The summed E-state index contributed by atoms with van der Waals surface area (Å²) < 4.78 is 45.3. The Morgan fingerprint density at radius 3 is 1.38 bits per heavy atom. The van der Waals surface area contributed by atoms with Crippen molar-refractivity contribution in [1.29, 1.82) is 0 Å². The van der Waals surface area contributed by atoms with Crippen LogP contribution in [0.1, 0.15) is 232 Å². The van der Waals surface area contributed by atoms with E-state index in [9.17, 15) is 44.0 Å². The molecule has 0 aromatic rings. The number of aliphatic hydroxyl groups is 3. The van der Waals surface area contributed by atoms with Gasteiger partial charge in [0.1, 0.15) is 24.9 Å². The fourth-order valence-electron chi connectivity index (χ4n) is 8.99. The molecule has 1 fully saturated rings. The van der Waals surface area contributed by atoms with Gasteiger partial charge in [-0.1, -0.05) is 194 Å². The van der Waals surface area contributed by atoms with Crippen molar-refractivity contribution in [3.63, 3.8) is 0 Å². The van der Waals surface area contributed by atoms with Gasteiger partial charge in [0, 0.05) is 38.8 Å². The number of ether oxygens (including phenoxy) is 4. The van der Waals surface area contributed by atoms with E-state index in [4.69, 9.17) is 28.0 Å². The fraction of sp³-hybridized carbons (Fsp3) is 0.927. The highest BCUT2D eigenvalue weighted by molar-refractivity contribution is 7.47. The molecule has 6 N–H and O–H groups in total. The SMILES string of the molecule is CCCCCCCCCCCCCCCCCC(=O)OC[C@H](COP(=O)(O)OCCNC(=O)CCC(=O)NCCOC1OC(CO)C(O)C(O)C1N(C)C)OC(=O)CCCCCCCCCCCCCCCCC. The number of nitrogens with zero attached hydrogens (tertiary/aromatic N) is 1. The standard InChI is InChI=1S/C55H106N3O15P/c1-5-7-9-11-13-15-17-19-21-23-25-27-29-31-33-35-50(62)69-44-46(72-51(63)36-34-32-30-28-26-24-22-20-18-16-14-12-10-8-6-2)45-71-74(66,67)70-42-40-57-49(61)38-37-48(60)56-39-41-68-55-52(58(3)4)54(65)53(64)47(43-59)73-55/h46-47,52-55,59,64-65H,5-45H2,1-4H3,(H,56,60)(H,57,61)(H,66,67)/t46-,47?,52?,53?,54?,55?/m1/s1. The first-order chi connectivity index (χ1) is 35.7. The Morgan fingerprint density at radius 1 is 0.554 bits per heavy atom. The lowest BCUT2D eigenvalue weighted by molar-refractivity contribution is -0.283. The van der Waals surface area contributed by atoms with Gasteiger partial charge in [0.15, 0.2) is 12.4 Å². The van der Waals surface area contributed by atoms with Crippen LogP contribution in [0.15, 0.2) is 0 Å². The van der Waals surface area contributed by atoms with Gasteiger partial charge in [0.2, 0.25) is 11.8 Å². The minimum absolute atomic E-state index is 0.0119. The lowest BCUT2D eigenvalue weighted by Gasteiger charge is -2.44. The zero-order valence-electron chi connectivity index (χ0n) is 46.6. The van der Waals surface area contributed by atoms with Crippen molar-refractivity contribution in [3.05, 3.63) is 0 Å².